The second kappa shape index (κ2) is 8.87. The summed E-state index contributed by atoms with van der Waals surface area (Å²) in [4.78, 5) is 17.3. The average molecular weight is 375 g/mol. The zero-order valence-electron chi connectivity index (χ0n) is 15.5. The molecule has 1 heterocycles. The van der Waals surface area contributed by atoms with Gasteiger partial charge in [0.05, 0.1) is 0 Å². The highest BCUT2D eigenvalue weighted by atomic mass is 32.2. The molecule has 1 aromatic carbocycles. The minimum absolute atomic E-state index is 0.0579. The Labute approximate surface area is 159 Å². The molecular weight excluding hydrogens is 347 g/mol. The Morgan fingerprint density at radius 1 is 1.31 bits per heavy atom. The van der Waals surface area contributed by atoms with Crippen molar-refractivity contribution in [3.8, 4) is 0 Å². The second-order valence-electron chi connectivity index (χ2n) is 7.05. The number of likely N-dealkylation sites (tertiary alicyclic amines) is 1. The Bertz CT molecular complexity index is 698. The minimum atomic E-state index is -0.219. The molecule has 2 unspecified atom stereocenters. The van der Waals surface area contributed by atoms with Crippen LogP contribution in [0.1, 0.15) is 33.1 Å². The molecule has 26 heavy (non-hydrogen) atoms. The molecule has 1 aliphatic heterocycles. The molecule has 0 bridgehead atoms. The van der Waals surface area contributed by atoms with E-state index in [1.54, 1.807) is 23.9 Å². The van der Waals surface area contributed by atoms with Crippen molar-refractivity contribution < 1.29 is 9.18 Å². The Kier molecular flexibility index (Phi) is 6.54. The predicted molar refractivity (Wildman–Crippen MR) is 105 cm³/mol. The first kappa shape index (κ1) is 19.2. The molecule has 1 aromatic rings. The zero-order chi connectivity index (χ0) is 18.5. The first-order chi connectivity index (χ1) is 12.6. The van der Waals surface area contributed by atoms with Crippen LogP contribution in [-0.2, 0) is 4.79 Å². The summed E-state index contributed by atoms with van der Waals surface area (Å²) in [7, 11) is 0. The van der Waals surface area contributed by atoms with E-state index in [1.165, 1.54) is 29.9 Å². The number of nitrogens with zero attached hydrogens (tertiary/aromatic N) is 1. The highest BCUT2D eigenvalue weighted by Crippen LogP contribution is 2.36. The van der Waals surface area contributed by atoms with Crippen LogP contribution in [0.25, 0.3) is 0 Å². The molecule has 1 fully saturated rings. The third-order valence-corrected chi connectivity index (χ3v) is 6.29. The lowest BCUT2D eigenvalue weighted by Gasteiger charge is -2.25. The maximum Gasteiger partial charge on any atom is 0.247 e. The van der Waals surface area contributed by atoms with Gasteiger partial charge >= 0.3 is 0 Å². The minimum Gasteiger partial charge on any atom is -0.351 e. The van der Waals surface area contributed by atoms with E-state index in [0.29, 0.717) is 6.04 Å². The molecule has 0 aromatic heterocycles. The number of hydrogen-bond donors (Lipinski definition) is 1. The van der Waals surface area contributed by atoms with Crippen molar-refractivity contribution in [3.63, 3.8) is 0 Å². The molecule has 2 aliphatic rings. The molecule has 140 valence electrons. The molecule has 1 saturated heterocycles. The largest absolute Gasteiger partial charge is 0.351 e. The van der Waals surface area contributed by atoms with Crippen molar-refractivity contribution in [3.05, 3.63) is 52.7 Å². The third-order valence-electron chi connectivity index (χ3n) is 5.22. The van der Waals surface area contributed by atoms with Gasteiger partial charge in [-0.05, 0) is 67.4 Å². The van der Waals surface area contributed by atoms with Crippen molar-refractivity contribution in [1.29, 1.82) is 0 Å². The van der Waals surface area contributed by atoms with E-state index in [0.717, 1.165) is 36.5 Å². The number of benzene rings is 1. The van der Waals surface area contributed by atoms with Gasteiger partial charge in [-0.2, -0.15) is 0 Å². The van der Waals surface area contributed by atoms with E-state index in [9.17, 15) is 9.18 Å². The first-order valence-corrected chi connectivity index (χ1v) is 10.2. The quantitative estimate of drug-likeness (QED) is 0.803. The summed E-state index contributed by atoms with van der Waals surface area (Å²) in [6, 6.07) is 7.01. The van der Waals surface area contributed by atoms with Crippen molar-refractivity contribution in [2.24, 2.45) is 5.92 Å². The molecule has 3 rings (SSSR count). The van der Waals surface area contributed by atoms with Crippen molar-refractivity contribution in [2.45, 2.75) is 44.0 Å². The number of hydrogen-bond acceptors (Lipinski definition) is 3. The maximum atomic E-state index is 13.0. The molecule has 1 amide bonds. The van der Waals surface area contributed by atoms with Crippen LogP contribution >= 0.6 is 11.8 Å². The molecular formula is C21H27FN2OS. The lowest BCUT2D eigenvalue weighted by molar-refractivity contribution is -0.118. The Morgan fingerprint density at radius 3 is 2.77 bits per heavy atom. The maximum absolute atomic E-state index is 13.0. The predicted octanol–water partition coefficient (Wildman–Crippen LogP) is 4.37. The van der Waals surface area contributed by atoms with Crippen LogP contribution in [0.4, 0.5) is 4.39 Å². The number of rotatable bonds is 6. The van der Waals surface area contributed by atoms with Gasteiger partial charge in [-0.15, -0.1) is 0 Å². The number of carbonyl (C=O) groups is 1. The van der Waals surface area contributed by atoms with E-state index in [1.807, 2.05) is 12.2 Å². The molecule has 3 nitrogen and oxygen atoms in total. The van der Waals surface area contributed by atoms with Gasteiger partial charge in [0.25, 0.3) is 0 Å². The number of likely N-dealkylation sites (N-methyl/N-ethyl adjacent to an activating group) is 1. The number of thioether (sulfide) groups is 1. The molecule has 0 spiro atoms. The van der Waals surface area contributed by atoms with Crippen LogP contribution in [0.5, 0.6) is 0 Å². The van der Waals surface area contributed by atoms with Crippen LogP contribution in [0, 0.1) is 11.7 Å². The van der Waals surface area contributed by atoms with E-state index < -0.39 is 0 Å². The molecule has 2 atom stereocenters. The Morgan fingerprint density at radius 2 is 2.08 bits per heavy atom. The fourth-order valence-corrected chi connectivity index (χ4v) is 4.76. The topological polar surface area (TPSA) is 32.3 Å². The highest BCUT2D eigenvalue weighted by Gasteiger charge is 2.25. The van der Waals surface area contributed by atoms with Crippen LogP contribution in [0.15, 0.2) is 51.8 Å². The van der Waals surface area contributed by atoms with Crippen LogP contribution in [-0.4, -0.2) is 36.5 Å². The third kappa shape index (κ3) is 4.77. The standard InChI is InChI=1S/C21H27FN2OS/c1-3-24-12-4-5-17(24)14-23-21(25)20-11-10-19(13-15(20)2)26-18-8-6-16(22)7-9-18/h6-11,15,17H,3-5,12-14H2,1-2H3,(H,23,25). The van der Waals surface area contributed by atoms with Gasteiger partial charge in [0.15, 0.2) is 0 Å². The monoisotopic (exact) mass is 374 g/mol. The normalized spacial score (nSPS) is 23.5. The number of carbonyl (C=O) groups excluding carboxylic acids is 1. The molecule has 0 saturated carbocycles. The smallest absolute Gasteiger partial charge is 0.247 e. The highest BCUT2D eigenvalue weighted by molar-refractivity contribution is 8.03. The van der Waals surface area contributed by atoms with E-state index >= 15 is 0 Å². The molecule has 0 radical (unpaired) electrons. The van der Waals surface area contributed by atoms with Gasteiger partial charge < -0.3 is 5.32 Å². The summed E-state index contributed by atoms with van der Waals surface area (Å²) in [5.74, 6) is 0.0273. The summed E-state index contributed by atoms with van der Waals surface area (Å²) in [5, 5.41) is 3.13. The average Bonchev–Trinajstić information content (AvgIpc) is 3.09. The zero-order valence-corrected chi connectivity index (χ0v) is 16.3. The first-order valence-electron chi connectivity index (χ1n) is 9.43. The Hall–Kier alpha value is -1.59. The number of amides is 1. The molecule has 5 heteroatoms. The van der Waals surface area contributed by atoms with Gasteiger partial charge in [-0.25, -0.2) is 4.39 Å². The number of nitrogens with one attached hydrogen (secondary N) is 1. The van der Waals surface area contributed by atoms with Crippen molar-refractivity contribution in [2.75, 3.05) is 19.6 Å². The lowest BCUT2D eigenvalue weighted by atomic mass is 9.92. The van der Waals surface area contributed by atoms with Gasteiger partial charge in [0.2, 0.25) is 5.91 Å². The second-order valence-corrected chi connectivity index (χ2v) is 8.25. The number of allylic oxidation sites excluding steroid dienone is 3. The summed E-state index contributed by atoms with van der Waals surface area (Å²) >= 11 is 1.64. The summed E-state index contributed by atoms with van der Waals surface area (Å²) < 4.78 is 13.0. The van der Waals surface area contributed by atoms with Gasteiger partial charge in [-0.3, -0.25) is 9.69 Å². The number of halogens is 1. The molecule has 1 N–H and O–H groups in total. The van der Waals surface area contributed by atoms with Gasteiger partial charge in [-0.1, -0.05) is 37.8 Å². The van der Waals surface area contributed by atoms with Crippen molar-refractivity contribution in [1.82, 2.24) is 10.2 Å². The SMILES string of the molecule is CCN1CCCC1CNC(=O)C1=CC=C(Sc2ccc(F)cc2)CC1C. The van der Waals surface area contributed by atoms with Crippen LogP contribution in [0.2, 0.25) is 0 Å². The summed E-state index contributed by atoms with van der Waals surface area (Å²) in [6.07, 6.45) is 7.20. The van der Waals surface area contributed by atoms with Gasteiger partial charge in [0.1, 0.15) is 5.82 Å². The van der Waals surface area contributed by atoms with Crippen molar-refractivity contribution >= 4 is 17.7 Å². The van der Waals surface area contributed by atoms with E-state index in [2.05, 4.69) is 24.1 Å². The van der Waals surface area contributed by atoms with Crippen LogP contribution in [0.3, 0.4) is 0 Å². The fourth-order valence-electron chi connectivity index (χ4n) is 3.71. The summed E-state index contributed by atoms with van der Waals surface area (Å²) in [5.41, 5.74) is 0.856. The van der Waals surface area contributed by atoms with Gasteiger partial charge in [0, 0.05) is 23.1 Å². The summed E-state index contributed by atoms with van der Waals surface area (Å²) in [6.45, 7) is 7.20. The van der Waals surface area contributed by atoms with E-state index in [4.69, 9.17) is 0 Å². The fraction of sp³-hybridized carbons (Fsp3) is 0.476. The van der Waals surface area contributed by atoms with Crippen LogP contribution < -0.4 is 5.32 Å². The Balaban J connectivity index is 1.57. The molecule has 1 aliphatic carbocycles. The lowest BCUT2D eigenvalue weighted by Crippen LogP contribution is -2.41. The van der Waals surface area contributed by atoms with E-state index in [-0.39, 0.29) is 17.6 Å².